The van der Waals surface area contributed by atoms with E-state index in [4.69, 9.17) is 0 Å². The average molecular weight is 634 g/mol. The lowest BCUT2D eigenvalue weighted by molar-refractivity contribution is -0.123. The van der Waals surface area contributed by atoms with Gasteiger partial charge in [0.2, 0.25) is 5.91 Å². The quantitative estimate of drug-likeness (QED) is 0.0475. The summed E-state index contributed by atoms with van der Waals surface area (Å²) in [5.74, 6) is -0.0452. The highest BCUT2D eigenvalue weighted by molar-refractivity contribution is 5.76. The van der Waals surface area contributed by atoms with Crippen molar-refractivity contribution in [3.05, 3.63) is 24.3 Å². The molecule has 0 radical (unpaired) electrons. The van der Waals surface area contributed by atoms with E-state index >= 15 is 0 Å². The van der Waals surface area contributed by atoms with Gasteiger partial charge in [-0.05, 0) is 38.5 Å². The Hall–Kier alpha value is -1.13. The second kappa shape index (κ2) is 37.3. The minimum atomic E-state index is -0.662. The van der Waals surface area contributed by atoms with Gasteiger partial charge in [-0.15, -0.1) is 0 Å². The minimum absolute atomic E-state index is 0.0452. The third-order valence-electron chi connectivity index (χ3n) is 9.22. The first-order chi connectivity index (χ1) is 22.2. The van der Waals surface area contributed by atoms with E-state index in [1.54, 1.807) is 0 Å². The number of rotatable bonds is 36. The lowest BCUT2D eigenvalue weighted by Gasteiger charge is -2.22. The maximum atomic E-state index is 12.3. The summed E-state index contributed by atoms with van der Waals surface area (Å²) in [5.41, 5.74) is 0. The van der Waals surface area contributed by atoms with E-state index in [1.165, 1.54) is 141 Å². The van der Waals surface area contributed by atoms with Crippen LogP contribution in [0.2, 0.25) is 0 Å². The van der Waals surface area contributed by atoms with Gasteiger partial charge in [0.15, 0.2) is 0 Å². The minimum Gasteiger partial charge on any atom is -0.394 e. The van der Waals surface area contributed by atoms with Gasteiger partial charge >= 0.3 is 0 Å². The maximum Gasteiger partial charge on any atom is 0.220 e. The predicted octanol–water partition coefficient (Wildman–Crippen LogP) is 12.1. The molecule has 0 aliphatic rings. The van der Waals surface area contributed by atoms with E-state index in [-0.39, 0.29) is 12.5 Å². The van der Waals surface area contributed by atoms with Crippen molar-refractivity contribution < 1.29 is 15.0 Å². The second-order valence-electron chi connectivity index (χ2n) is 13.7. The molecule has 0 aliphatic carbocycles. The Morgan fingerprint density at radius 1 is 0.533 bits per heavy atom. The summed E-state index contributed by atoms with van der Waals surface area (Å²) >= 11 is 0. The van der Waals surface area contributed by atoms with Crippen LogP contribution in [0.3, 0.4) is 0 Å². The van der Waals surface area contributed by atoms with Gasteiger partial charge in [0.25, 0.3) is 0 Å². The van der Waals surface area contributed by atoms with Crippen molar-refractivity contribution >= 4 is 5.91 Å². The van der Waals surface area contributed by atoms with Gasteiger partial charge in [-0.1, -0.05) is 192 Å². The second-order valence-corrected chi connectivity index (χ2v) is 13.7. The first-order valence-electron chi connectivity index (χ1n) is 20.0. The van der Waals surface area contributed by atoms with E-state index in [0.29, 0.717) is 12.8 Å². The lowest BCUT2D eigenvalue weighted by atomic mass is 10.0. The van der Waals surface area contributed by atoms with Crippen molar-refractivity contribution in [1.82, 2.24) is 5.32 Å². The summed E-state index contributed by atoms with van der Waals surface area (Å²) in [6.07, 6.45) is 46.7. The zero-order chi connectivity index (χ0) is 32.9. The molecule has 0 saturated carbocycles. The van der Waals surface area contributed by atoms with E-state index in [9.17, 15) is 15.0 Å². The van der Waals surface area contributed by atoms with Crippen molar-refractivity contribution in [1.29, 1.82) is 0 Å². The van der Waals surface area contributed by atoms with Crippen molar-refractivity contribution in [3.63, 3.8) is 0 Å². The highest BCUT2D eigenvalue weighted by Gasteiger charge is 2.19. The molecule has 0 heterocycles. The highest BCUT2D eigenvalue weighted by Crippen LogP contribution is 2.16. The molecule has 0 aromatic heterocycles. The molecule has 45 heavy (non-hydrogen) atoms. The van der Waals surface area contributed by atoms with Crippen molar-refractivity contribution in [2.45, 2.75) is 225 Å². The third kappa shape index (κ3) is 34.0. The Kier molecular flexibility index (Phi) is 36.4. The fourth-order valence-corrected chi connectivity index (χ4v) is 6.08. The number of amides is 1. The first kappa shape index (κ1) is 43.9. The van der Waals surface area contributed by atoms with E-state index in [2.05, 4.69) is 43.5 Å². The molecular weight excluding hydrogens is 554 g/mol. The van der Waals surface area contributed by atoms with Crippen LogP contribution in [0.15, 0.2) is 24.3 Å². The predicted molar refractivity (Wildman–Crippen MR) is 198 cm³/mol. The molecule has 2 atom stereocenters. The van der Waals surface area contributed by atoms with Crippen LogP contribution in [0.25, 0.3) is 0 Å². The molecule has 3 N–H and O–H groups in total. The van der Waals surface area contributed by atoms with Gasteiger partial charge in [-0.2, -0.15) is 0 Å². The molecule has 2 unspecified atom stereocenters. The maximum absolute atomic E-state index is 12.3. The molecule has 0 bridgehead atoms. The standard InChI is InChI=1S/C41H79NO3/c1-3-5-7-9-11-13-15-17-19-20-21-22-23-24-26-28-30-32-34-36-40(44)39(38-43)42-41(45)37-35-33-31-29-27-25-18-16-14-12-10-8-6-4-2/h10,12,16,18,39-40,43-44H,3-9,11,13-15,17,19-38H2,1-2H3,(H,42,45)/b12-10-,18-16-. The molecular formula is C41H79NO3. The van der Waals surface area contributed by atoms with Gasteiger partial charge < -0.3 is 15.5 Å². The summed E-state index contributed by atoms with van der Waals surface area (Å²) in [5, 5.41) is 23.1. The van der Waals surface area contributed by atoms with Crippen LogP contribution < -0.4 is 5.32 Å². The van der Waals surface area contributed by atoms with Gasteiger partial charge in [-0.25, -0.2) is 0 Å². The van der Waals surface area contributed by atoms with Gasteiger partial charge in [-0.3, -0.25) is 4.79 Å². The molecule has 266 valence electrons. The van der Waals surface area contributed by atoms with E-state index in [1.807, 2.05) is 0 Å². The molecule has 1 amide bonds. The summed E-state index contributed by atoms with van der Waals surface area (Å²) in [6.45, 7) is 4.31. The number of unbranched alkanes of at least 4 members (excludes halogenated alkanes) is 25. The summed E-state index contributed by atoms with van der Waals surface area (Å²) in [6, 6.07) is -0.540. The Morgan fingerprint density at radius 3 is 1.40 bits per heavy atom. The highest BCUT2D eigenvalue weighted by atomic mass is 16.3. The van der Waals surface area contributed by atoms with Gasteiger partial charge in [0, 0.05) is 6.42 Å². The molecule has 0 rings (SSSR count). The number of nitrogens with one attached hydrogen (secondary N) is 1. The summed E-state index contributed by atoms with van der Waals surface area (Å²) in [4.78, 5) is 12.3. The van der Waals surface area contributed by atoms with Crippen LogP contribution in [-0.4, -0.2) is 34.9 Å². The van der Waals surface area contributed by atoms with Gasteiger partial charge in [0.1, 0.15) is 0 Å². The first-order valence-corrected chi connectivity index (χ1v) is 20.0. The Morgan fingerprint density at radius 2 is 0.933 bits per heavy atom. The fraction of sp³-hybridized carbons (Fsp3) is 0.878. The number of carbonyl (C=O) groups is 1. The van der Waals surface area contributed by atoms with Crippen molar-refractivity contribution in [3.8, 4) is 0 Å². The molecule has 4 heteroatoms. The monoisotopic (exact) mass is 634 g/mol. The molecule has 0 aliphatic heterocycles. The van der Waals surface area contributed by atoms with Crippen LogP contribution in [0.1, 0.15) is 213 Å². The number of aliphatic hydroxyl groups excluding tert-OH is 2. The topological polar surface area (TPSA) is 69.6 Å². The number of hydrogen-bond donors (Lipinski definition) is 3. The van der Waals surface area contributed by atoms with Crippen molar-refractivity contribution in [2.24, 2.45) is 0 Å². The zero-order valence-corrected chi connectivity index (χ0v) is 30.4. The van der Waals surface area contributed by atoms with Crippen LogP contribution in [0, 0.1) is 0 Å². The van der Waals surface area contributed by atoms with Crippen molar-refractivity contribution in [2.75, 3.05) is 6.61 Å². The number of aliphatic hydroxyl groups is 2. The molecule has 4 nitrogen and oxygen atoms in total. The number of allylic oxidation sites excluding steroid dienone is 4. The fourth-order valence-electron chi connectivity index (χ4n) is 6.08. The Labute approximate surface area is 281 Å². The van der Waals surface area contributed by atoms with Crippen LogP contribution in [0.4, 0.5) is 0 Å². The zero-order valence-electron chi connectivity index (χ0n) is 30.4. The molecule has 0 saturated heterocycles. The lowest BCUT2D eigenvalue weighted by Crippen LogP contribution is -2.45. The Bertz CT molecular complexity index is 647. The molecule has 0 spiro atoms. The van der Waals surface area contributed by atoms with Crippen LogP contribution in [-0.2, 0) is 4.79 Å². The summed E-state index contributed by atoms with van der Waals surface area (Å²) < 4.78 is 0. The summed E-state index contributed by atoms with van der Waals surface area (Å²) in [7, 11) is 0. The van der Waals surface area contributed by atoms with E-state index < -0.39 is 12.1 Å². The Balaban J connectivity index is 3.54. The van der Waals surface area contributed by atoms with Gasteiger partial charge in [0.05, 0.1) is 18.8 Å². The molecule has 0 aromatic rings. The molecule has 0 aromatic carbocycles. The number of hydrogen-bond acceptors (Lipinski definition) is 3. The number of carbonyl (C=O) groups excluding carboxylic acids is 1. The van der Waals surface area contributed by atoms with Crippen LogP contribution in [0.5, 0.6) is 0 Å². The van der Waals surface area contributed by atoms with Crippen LogP contribution >= 0.6 is 0 Å². The SMILES string of the molecule is CCCC/C=C\C/C=C\CCCCCCCC(=O)NC(CO)C(O)CCCCCCCCCCCCCCCCCCCCC. The third-order valence-corrected chi connectivity index (χ3v) is 9.22. The smallest absolute Gasteiger partial charge is 0.220 e. The van der Waals surface area contributed by atoms with E-state index in [0.717, 1.165) is 44.9 Å². The average Bonchev–Trinajstić information content (AvgIpc) is 3.04. The molecule has 0 fully saturated rings. The largest absolute Gasteiger partial charge is 0.394 e. The normalized spacial score (nSPS) is 13.2.